The Kier molecular flexibility index (Phi) is 6.36. The number of ether oxygens (including phenoxy) is 2. The van der Waals surface area contributed by atoms with Crippen LogP contribution in [0.25, 0.3) is 11.1 Å². The number of hydrogen-bond donors (Lipinski definition) is 2. The molecule has 2 aromatic carbocycles. The lowest BCUT2D eigenvalue weighted by Crippen LogP contribution is -2.64. The Morgan fingerprint density at radius 2 is 1.65 bits per heavy atom. The van der Waals surface area contributed by atoms with Crippen molar-refractivity contribution in [2.24, 2.45) is 0 Å². The summed E-state index contributed by atoms with van der Waals surface area (Å²) in [5.74, 6) is -1.67. The number of hydrogen-bond acceptors (Lipinski definition) is 5. The van der Waals surface area contributed by atoms with Gasteiger partial charge >= 0.3 is 12.1 Å². The number of methoxy groups -OCH3 is 1. The third kappa shape index (κ3) is 3.92. The molecule has 1 saturated carbocycles. The van der Waals surface area contributed by atoms with Gasteiger partial charge in [0.2, 0.25) is 0 Å². The highest BCUT2D eigenvalue weighted by Gasteiger charge is 2.58. The molecular formula is C26H30N2O6. The average Bonchev–Trinajstić information content (AvgIpc) is 3.60. The first kappa shape index (κ1) is 23.8. The van der Waals surface area contributed by atoms with Gasteiger partial charge in [-0.2, -0.15) is 0 Å². The minimum Gasteiger partial charge on any atom is -0.479 e. The zero-order chi connectivity index (χ0) is 24.5. The molecule has 8 heteroatoms. The van der Waals surface area contributed by atoms with Gasteiger partial charge in [0, 0.05) is 20.1 Å². The van der Waals surface area contributed by atoms with Crippen LogP contribution in [0, 0.1) is 0 Å². The van der Waals surface area contributed by atoms with Crippen molar-refractivity contribution in [2.75, 3.05) is 27.4 Å². The van der Waals surface area contributed by atoms with E-state index in [4.69, 9.17) is 9.47 Å². The standard InChI is InChI=1S/C26H30N2O6/c1-4-25(16-33-3,22(29)28(2)26(13-14-26)23(30)31)27-24(32)34-15-21-19-11-7-5-9-17(19)18-10-6-8-12-20(18)21/h5-12,21H,4,13-16H2,1-3H3,(H,27,32)(H,30,31). The Balaban J connectivity index is 1.50. The molecule has 1 fully saturated rings. The maximum Gasteiger partial charge on any atom is 0.408 e. The van der Waals surface area contributed by atoms with Gasteiger partial charge in [0.15, 0.2) is 0 Å². The van der Waals surface area contributed by atoms with E-state index in [1.165, 1.54) is 19.1 Å². The summed E-state index contributed by atoms with van der Waals surface area (Å²) in [5.41, 5.74) is 1.75. The first-order chi connectivity index (χ1) is 16.3. The number of aliphatic carboxylic acids is 1. The Morgan fingerprint density at radius 3 is 2.12 bits per heavy atom. The molecule has 2 aliphatic rings. The lowest BCUT2D eigenvalue weighted by Gasteiger charge is -2.37. The minimum atomic E-state index is -1.43. The molecule has 2 aromatic rings. The van der Waals surface area contributed by atoms with Crippen molar-refractivity contribution >= 4 is 18.0 Å². The number of amides is 2. The van der Waals surface area contributed by atoms with Gasteiger partial charge in [0.05, 0.1) is 6.61 Å². The smallest absolute Gasteiger partial charge is 0.408 e. The molecule has 0 heterocycles. The number of nitrogens with one attached hydrogen (secondary N) is 1. The molecule has 2 amide bonds. The summed E-state index contributed by atoms with van der Waals surface area (Å²) in [6.45, 7) is 1.75. The maximum absolute atomic E-state index is 13.4. The molecular weight excluding hydrogens is 436 g/mol. The first-order valence-corrected chi connectivity index (χ1v) is 11.4. The summed E-state index contributed by atoms with van der Waals surface area (Å²) in [7, 11) is 2.89. The number of rotatable bonds is 9. The van der Waals surface area contributed by atoms with Crippen LogP contribution in [-0.2, 0) is 19.1 Å². The largest absolute Gasteiger partial charge is 0.479 e. The van der Waals surface area contributed by atoms with Crippen LogP contribution in [0.15, 0.2) is 48.5 Å². The lowest BCUT2D eigenvalue weighted by atomic mass is 9.94. The second kappa shape index (κ2) is 9.10. The van der Waals surface area contributed by atoms with Crippen LogP contribution >= 0.6 is 0 Å². The molecule has 8 nitrogen and oxygen atoms in total. The molecule has 1 unspecified atom stereocenters. The van der Waals surface area contributed by atoms with Crippen LogP contribution in [-0.4, -0.2) is 66.4 Å². The topological polar surface area (TPSA) is 105 Å². The van der Waals surface area contributed by atoms with E-state index in [9.17, 15) is 19.5 Å². The van der Waals surface area contributed by atoms with E-state index in [1.54, 1.807) is 6.92 Å². The molecule has 0 aromatic heterocycles. The number of carbonyl (C=O) groups excluding carboxylic acids is 2. The van der Waals surface area contributed by atoms with Crippen LogP contribution < -0.4 is 5.32 Å². The summed E-state index contributed by atoms with van der Waals surface area (Å²) in [4.78, 5) is 39.3. The predicted molar refractivity (Wildman–Crippen MR) is 125 cm³/mol. The van der Waals surface area contributed by atoms with Crippen LogP contribution in [0.1, 0.15) is 43.2 Å². The number of carbonyl (C=O) groups is 3. The summed E-state index contributed by atoms with van der Waals surface area (Å²) >= 11 is 0. The summed E-state index contributed by atoms with van der Waals surface area (Å²) in [6.07, 6.45) is 0.219. The van der Waals surface area contributed by atoms with Crippen molar-refractivity contribution in [3.8, 4) is 11.1 Å². The van der Waals surface area contributed by atoms with Gasteiger partial charge in [-0.1, -0.05) is 55.5 Å². The van der Waals surface area contributed by atoms with E-state index in [-0.39, 0.29) is 25.6 Å². The number of alkyl carbamates (subject to hydrolysis) is 1. The normalized spacial score (nSPS) is 17.1. The van der Waals surface area contributed by atoms with E-state index in [0.717, 1.165) is 22.3 Å². The van der Waals surface area contributed by atoms with Gasteiger partial charge in [-0.3, -0.25) is 4.79 Å². The van der Waals surface area contributed by atoms with Crippen LogP contribution in [0.2, 0.25) is 0 Å². The van der Waals surface area contributed by atoms with E-state index >= 15 is 0 Å². The molecule has 0 saturated heterocycles. The average molecular weight is 467 g/mol. The molecule has 1 atom stereocenters. The number of nitrogens with zero attached hydrogens (tertiary/aromatic N) is 1. The Hall–Kier alpha value is -3.39. The second-order valence-electron chi connectivity index (χ2n) is 9.02. The van der Waals surface area contributed by atoms with Gasteiger partial charge in [-0.15, -0.1) is 0 Å². The molecule has 4 rings (SSSR count). The monoisotopic (exact) mass is 466 g/mol. The van der Waals surface area contributed by atoms with Crippen LogP contribution in [0.5, 0.6) is 0 Å². The van der Waals surface area contributed by atoms with Crippen LogP contribution in [0.3, 0.4) is 0 Å². The highest BCUT2D eigenvalue weighted by molar-refractivity contribution is 5.95. The number of carboxylic acids is 1. The van der Waals surface area contributed by atoms with Crippen molar-refractivity contribution in [3.05, 3.63) is 59.7 Å². The summed E-state index contributed by atoms with van der Waals surface area (Å²) < 4.78 is 10.9. The number of fused-ring (bicyclic) bond motifs is 3. The zero-order valence-corrected chi connectivity index (χ0v) is 19.7. The fourth-order valence-corrected chi connectivity index (χ4v) is 4.90. The van der Waals surface area contributed by atoms with Gasteiger partial charge < -0.3 is 24.8 Å². The highest BCUT2D eigenvalue weighted by Crippen LogP contribution is 2.45. The fraction of sp³-hybridized carbons (Fsp3) is 0.423. The number of benzene rings is 2. The number of carboxylic acid groups (broad SMARTS) is 1. The zero-order valence-electron chi connectivity index (χ0n) is 19.7. The third-order valence-corrected chi connectivity index (χ3v) is 7.16. The molecule has 0 bridgehead atoms. The van der Waals surface area contributed by atoms with E-state index in [2.05, 4.69) is 17.4 Å². The van der Waals surface area contributed by atoms with E-state index in [1.807, 2.05) is 36.4 Å². The van der Waals surface area contributed by atoms with Crippen molar-refractivity contribution in [1.29, 1.82) is 0 Å². The first-order valence-electron chi connectivity index (χ1n) is 11.4. The predicted octanol–water partition coefficient (Wildman–Crippen LogP) is 3.40. The van der Waals surface area contributed by atoms with E-state index < -0.39 is 29.0 Å². The molecule has 0 radical (unpaired) electrons. The van der Waals surface area contributed by atoms with Crippen LogP contribution in [0.4, 0.5) is 4.79 Å². The van der Waals surface area contributed by atoms with Crippen molar-refractivity contribution in [2.45, 2.75) is 43.2 Å². The quantitative estimate of drug-likeness (QED) is 0.587. The molecule has 0 aliphatic heterocycles. The van der Waals surface area contributed by atoms with Crippen molar-refractivity contribution < 1.29 is 29.0 Å². The van der Waals surface area contributed by atoms with Gasteiger partial charge in [0.25, 0.3) is 5.91 Å². The third-order valence-electron chi connectivity index (χ3n) is 7.16. The molecule has 2 N–H and O–H groups in total. The summed E-state index contributed by atoms with van der Waals surface area (Å²) in [5, 5.41) is 12.3. The second-order valence-corrected chi connectivity index (χ2v) is 9.02. The Morgan fingerprint density at radius 1 is 1.09 bits per heavy atom. The van der Waals surface area contributed by atoms with E-state index in [0.29, 0.717) is 12.8 Å². The maximum atomic E-state index is 13.4. The Bertz CT molecular complexity index is 1070. The van der Waals surface area contributed by atoms with Gasteiger partial charge in [0.1, 0.15) is 17.7 Å². The van der Waals surface area contributed by atoms with Gasteiger partial charge in [-0.25, -0.2) is 9.59 Å². The summed E-state index contributed by atoms with van der Waals surface area (Å²) in [6, 6.07) is 16.1. The Labute approximate surface area is 198 Å². The molecule has 180 valence electrons. The van der Waals surface area contributed by atoms with Crippen molar-refractivity contribution in [1.82, 2.24) is 10.2 Å². The van der Waals surface area contributed by atoms with Crippen molar-refractivity contribution in [3.63, 3.8) is 0 Å². The molecule has 2 aliphatic carbocycles. The highest BCUT2D eigenvalue weighted by atomic mass is 16.5. The van der Waals surface area contributed by atoms with Gasteiger partial charge in [-0.05, 0) is 41.5 Å². The lowest BCUT2D eigenvalue weighted by molar-refractivity contribution is -0.155. The fourth-order valence-electron chi connectivity index (χ4n) is 4.90. The SMILES string of the molecule is CCC(COC)(NC(=O)OCC1c2ccccc2-c2ccccc21)C(=O)N(C)C1(C(=O)O)CC1. The molecule has 34 heavy (non-hydrogen) atoms. The molecule has 0 spiro atoms. The number of likely N-dealkylation sites (N-methyl/N-ethyl adjacent to an activating group) is 1. The minimum absolute atomic E-state index is 0.105.